The smallest absolute Gasteiger partial charge is 0.127 e. The lowest BCUT2D eigenvalue weighted by Gasteiger charge is -2.21. The molecule has 6 rings (SSSR count). The van der Waals surface area contributed by atoms with Gasteiger partial charge in [0.1, 0.15) is 113 Å². The largest absolute Gasteiger partial charge is 0.457 e. The minimum absolute atomic E-state index is 0.0826. The molecule has 0 aliphatic rings. The summed E-state index contributed by atoms with van der Waals surface area (Å²) < 4.78 is 5.96. The average molecular weight is 487 g/mol. The van der Waals surface area contributed by atoms with Gasteiger partial charge in [-0.15, -0.1) is 21.9 Å². The molecule has 16 heteroatoms. The third-order valence-corrected chi connectivity index (χ3v) is 7.46. The van der Waals surface area contributed by atoms with Gasteiger partial charge >= 0.3 is 0 Å². The van der Waals surface area contributed by atoms with E-state index >= 15 is 0 Å². The first kappa shape index (κ1) is 29.9. The Labute approximate surface area is 257 Å². The zero-order chi connectivity index (χ0) is 30.4. The fourth-order valence-corrected chi connectivity index (χ4v) is 5.36. The second-order valence-corrected chi connectivity index (χ2v) is 9.49. The van der Waals surface area contributed by atoms with Crippen LogP contribution in [0.3, 0.4) is 0 Å². The highest BCUT2D eigenvalue weighted by atomic mass is 16.3. The Hall–Kier alpha value is -2.61. The van der Waals surface area contributed by atoms with Crippen LogP contribution in [0, 0.1) is 0 Å². The Morgan fingerprint density at radius 1 is 0.439 bits per heavy atom. The van der Waals surface area contributed by atoms with E-state index in [4.69, 9.17) is 106 Å². The van der Waals surface area contributed by atoms with Crippen LogP contribution in [0.15, 0.2) is 10.5 Å². The summed E-state index contributed by atoms with van der Waals surface area (Å²) in [4.78, 5) is 3.13. The Kier molecular flexibility index (Phi) is 7.49. The second-order valence-electron chi connectivity index (χ2n) is 9.49. The maximum atomic E-state index is 6.76. The van der Waals surface area contributed by atoms with Crippen molar-refractivity contribution in [3.05, 3.63) is 6.07 Å². The predicted octanol–water partition coefficient (Wildman–Crippen LogP) is -8.59. The zero-order valence-electron chi connectivity index (χ0n) is 22.1. The lowest BCUT2D eigenvalue weighted by molar-refractivity contribution is 0.674. The molecule has 41 heavy (non-hydrogen) atoms. The Balaban J connectivity index is 0.00000165. The van der Waals surface area contributed by atoms with Crippen LogP contribution >= 0.6 is 0 Å². The standard InChI is InChI=1S/C24H2B13NO.CH3B/c25-3-1-2(9(26)7-8-13(30)15(32)17(34)20(37)24(8)39-23(3)7)4-10(27)5-6-12(29)14(31)16(33)19(36)22(6)38-21(5)18(35)11(4)28;1-2/h1,38H;1H3. The van der Waals surface area contributed by atoms with Crippen LogP contribution < -0.4 is 71.0 Å². The van der Waals surface area contributed by atoms with Gasteiger partial charge in [-0.2, -0.15) is 0 Å². The van der Waals surface area contributed by atoms with Gasteiger partial charge < -0.3 is 9.40 Å². The Morgan fingerprint density at radius 3 is 1.46 bits per heavy atom. The highest BCUT2D eigenvalue weighted by Gasteiger charge is 2.24. The van der Waals surface area contributed by atoms with E-state index < -0.39 is 0 Å². The lowest BCUT2D eigenvalue weighted by atomic mass is 9.63. The quantitative estimate of drug-likeness (QED) is 0.230. The van der Waals surface area contributed by atoms with Gasteiger partial charge in [0.25, 0.3) is 0 Å². The number of fused-ring (bicyclic) bond motifs is 6. The molecule has 0 atom stereocenters. The van der Waals surface area contributed by atoms with Crippen LogP contribution in [-0.4, -0.2) is 115 Å². The molecule has 0 amide bonds. The van der Waals surface area contributed by atoms with Gasteiger partial charge in [-0.3, -0.25) is 0 Å². The molecule has 6 aromatic rings. The Morgan fingerprint density at radius 2 is 0.878 bits per heavy atom. The molecular formula is C25H5B14NO. The fourth-order valence-electron chi connectivity index (χ4n) is 5.36. The summed E-state index contributed by atoms with van der Waals surface area (Å²) in [5.74, 6) is 0. The van der Waals surface area contributed by atoms with Crippen LogP contribution in [0.1, 0.15) is 0 Å². The van der Waals surface area contributed by atoms with Crippen LogP contribution in [-0.2, 0) is 0 Å². The SMILES string of the molecule is [B]C.[B]c1c([B])c([B])c2c([nH]c3c([B])c([B])c(-c4cc([B])c5oc6c([B])c([B])c([B])c([B])c6c5c4[B])c([B])c32)c1[B]. The third kappa shape index (κ3) is 3.91. The summed E-state index contributed by atoms with van der Waals surface area (Å²) in [5.41, 5.74) is 3.71. The normalized spacial score (nSPS) is 11.4. The summed E-state index contributed by atoms with van der Waals surface area (Å²) in [5, 5.41) is 1.56. The van der Waals surface area contributed by atoms with Gasteiger partial charge in [-0.1, -0.05) is 62.1 Å². The number of H-pyrrole nitrogens is 1. The number of aromatic nitrogens is 1. The number of nitrogens with one attached hydrogen (secondary N) is 1. The number of benzene rings is 4. The molecule has 1 N–H and O–H groups in total. The second kappa shape index (κ2) is 10.3. The van der Waals surface area contributed by atoms with Crippen molar-refractivity contribution in [1.82, 2.24) is 4.98 Å². The molecule has 158 valence electrons. The average Bonchev–Trinajstić information content (AvgIpc) is 3.56. The van der Waals surface area contributed by atoms with Crippen LogP contribution in [0.2, 0.25) is 6.82 Å². The first-order valence-electron chi connectivity index (χ1n) is 12.1. The maximum absolute atomic E-state index is 6.76. The Bertz CT molecular complexity index is 2110. The van der Waals surface area contributed by atoms with E-state index in [0.29, 0.717) is 43.7 Å². The van der Waals surface area contributed by atoms with E-state index in [1.807, 2.05) is 0 Å². The molecule has 0 spiro atoms. The summed E-state index contributed by atoms with van der Waals surface area (Å²) in [6.45, 7) is 1.50. The highest BCUT2D eigenvalue weighted by Crippen LogP contribution is 2.28. The van der Waals surface area contributed by atoms with Crippen molar-refractivity contribution in [2.24, 2.45) is 0 Å². The predicted molar refractivity (Wildman–Crippen MR) is 190 cm³/mol. The molecule has 2 aromatic heterocycles. The first-order chi connectivity index (χ1) is 19.3. The highest BCUT2D eigenvalue weighted by molar-refractivity contribution is 6.70. The van der Waals surface area contributed by atoms with Crippen molar-refractivity contribution in [3.8, 4) is 11.1 Å². The van der Waals surface area contributed by atoms with Gasteiger partial charge in [0, 0.05) is 21.8 Å². The minimum Gasteiger partial charge on any atom is -0.457 e. The van der Waals surface area contributed by atoms with Crippen LogP contribution in [0.25, 0.3) is 54.9 Å². The molecule has 28 radical (unpaired) electrons. The molecule has 0 saturated carbocycles. The molecule has 0 fully saturated rings. The molecule has 2 nitrogen and oxygen atoms in total. The van der Waals surface area contributed by atoms with Crippen molar-refractivity contribution >= 4 is 225 Å². The van der Waals surface area contributed by atoms with Crippen molar-refractivity contribution in [3.63, 3.8) is 0 Å². The topological polar surface area (TPSA) is 28.9 Å². The van der Waals surface area contributed by atoms with Crippen LogP contribution in [0.5, 0.6) is 0 Å². The molecule has 2 heterocycles. The number of furan rings is 1. The van der Waals surface area contributed by atoms with E-state index in [2.05, 4.69) is 12.8 Å². The van der Waals surface area contributed by atoms with Gasteiger partial charge in [0.2, 0.25) is 0 Å². The van der Waals surface area contributed by atoms with E-state index in [9.17, 15) is 0 Å². The number of hydrogen-bond donors (Lipinski definition) is 1. The zero-order valence-corrected chi connectivity index (χ0v) is 22.1. The summed E-state index contributed by atoms with van der Waals surface area (Å²) in [6.07, 6.45) is 0. The molecule has 0 aliphatic heterocycles. The molecule has 0 unspecified atom stereocenters. The van der Waals surface area contributed by atoms with Crippen molar-refractivity contribution < 1.29 is 4.42 Å². The van der Waals surface area contributed by atoms with Gasteiger partial charge in [-0.05, 0) is 21.9 Å². The van der Waals surface area contributed by atoms with E-state index in [-0.39, 0.29) is 82.2 Å². The number of rotatable bonds is 1. The molecule has 0 bridgehead atoms. The third-order valence-electron chi connectivity index (χ3n) is 7.46. The van der Waals surface area contributed by atoms with E-state index in [0.717, 1.165) is 0 Å². The van der Waals surface area contributed by atoms with Crippen LogP contribution in [0.4, 0.5) is 0 Å². The van der Waals surface area contributed by atoms with Crippen molar-refractivity contribution in [2.75, 3.05) is 0 Å². The lowest BCUT2D eigenvalue weighted by Crippen LogP contribution is -2.47. The number of aromatic amines is 1. The van der Waals surface area contributed by atoms with Gasteiger partial charge in [0.05, 0.1) is 7.85 Å². The molecular weight excluding hydrogens is 482 g/mol. The summed E-state index contributed by atoms with van der Waals surface area (Å²) >= 11 is 0. The van der Waals surface area contributed by atoms with Crippen molar-refractivity contribution in [1.29, 1.82) is 0 Å². The first-order valence-corrected chi connectivity index (χ1v) is 12.1. The minimum atomic E-state index is 0.0826. The number of hydrogen-bond acceptors (Lipinski definition) is 1. The van der Waals surface area contributed by atoms with Crippen molar-refractivity contribution in [2.45, 2.75) is 6.82 Å². The van der Waals surface area contributed by atoms with E-state index in [1.54, 1.807) is 6.07 Å². The van der Waals surface area contributed by atoms with E-state index in [1.165, 1.54) is 6.82 Å². The fraction of sp³-hybridized carbons (Fsp3) is 0.0400. The van der Waals surface area contributed by atoms with Gasteiger partial charge in [0.15, 0.2) is 0 Å². The molecule has 0 aliphatic carbocycles. The summed E-state index contributed by atoms with van der Waals surface area (Å²) in [6, 6.07) is 1.56. The molecule has 0 saturated heterocycles. The molecule has 4 aromatic carbocycles. The monoisotopic (exact) mass is 489 g/mol. The summed E-state index contributed by atoms with van der Waals surface area (Å²) in [7, 11) is 86.9. The maximum Gasteiger partial charge on any atom is 0.127 e. The van der Waals surface area contributed by atoms with Gasteiger partial charge in [-0.25, -0.2) is 0 Å².